The molecule has 2 fully saturated rings. The van der Waals surface area contributed by atoms with Crippen LogP contribution in [0.1, 0.15) is 31.2 Å². The maximum atomic E-state index is 12.9. The van der Waals surface area contributed by atoms with E-state index >= 15 is 0 Å². The highest BCUT2D eigenvalue weighted by Gasteiger charge is 2.27. The van der Waals surface area contributed by atoms with Gasteiger partial charge in [0.1, 0.15) is 0 Å². The van der Waals surface area contributed by atoms with Crippen LogP contribution in [0.15, 0.2) is 24.3 Å². The van der Waals surface area contributed by atoms with E-state index in [1.807, 2.05) is 14.1 Å². The standard InChI is InChI=1S/C21H33N3O2/c1-22(2)19-8-6-18(7-9-19)17-21(25)24-11-4-3-5-20(24)10-12-23-13-15-26-16-14-23/h6-9,20H,3-5,10-17H2,1-2H3/t20-/m0/s1. The first-order valence-electron chi connectivity index (χ1n) is 9.99. The normalized spacial score (nSPS) is 21.6. The Bertz CT molecular complexity index is 567. The second-order valence-electron chi connectivity index (χ2n) is 7.72. The Hall–Kier alpha value is -1.59. The molecule has 2 aliphatic rings. The minimum absolute atomic E-state index is 0.286. The van der Waals surface area contributed by atoms with Gasteiger partial charge in [-0.2, -0.15) is 0 Å². The summed E-state index contributed by atoms with van der Waals surface area (Å²) >= 11 is 0. The van der Waals surface area contributed by atoms with Crippen molar-refractivity contribution >= 4 is 11.6 Å². The van der Waals surface area contributed by atoms with Crippen molar-refractivity contribution in [2.24, 2.45) is 0 Å². The zero-order chi connectivity index (χ0) is 18.4. The van der Waals surface area contributed by atoms with Crippen molar-refractivity contribution in [3.63, 3.8) is 0 Å². The summed E-state index contributed by atoms with van der Waals surface area (Å²) in [6.07, 6.45) is 5.14. The highest BCUT2D eigenvalue weighted by atomic mass is 16.5. The first kappa shape index (κ1) is 19.2. The first-order chi connectivity index (χ1) is 12.6. The summed E-state index contributed by atoms with van der Waals surface area (Å²) in [5, 5.41) is 0. The average molecular weight is 360 g/mol. The van der Waals surface area contributed by atoms with Crippen LogP contribution in [0.4, 0.5) is 5.69 Å². The molecule has 0 N–H and O–H groups in total. The van der Waals surface area contributed by atoms with Gasteiger partial charge in [-0.25, -0.2) is 0 Å². The number of carbonyl (C=O) groups excluding carboxylic acids is 1. The molecule has 1 aromatic carbocycles. The zero-order valence-electron chi connectivity index (χ0n) is 16.3. The molecule has 1 aromatic rings. The van der Waals surface area contributed by atoms with Crippen LogP contribution in [0.3, 0.4) is 0 Å². The molecule has 3 rings (SSSR count). The van der Waals surface area contributed by atoms with Gasteiger partial charge in [-0.15, -0.1) is 0 Å². The van der Waals surface area contributed by atoms with Crippen LogP contribution in [-0.2, 0) is 16.0 Å². The van der Waals surface area contributed by atoms with Crippen molar-refractivity contribution in [3.05, 3.63) is 29.8 Å². The van der Waals surface area contributed by atoms with Crippen LogP contribution in [0.5, 0.6) is 0 Å². The number of rotatable bonds is 6. The summed E-state index contributed by atoms with van der Waals surface area (Å²) in [7, 11) is 4.07. The fourth-order valence-electron chi connectivity index (χ4n) is 3.97. The number of anilines is 1. The van der Waals surface area contributed by atoms with Crippen molar-refractivity contribution in [3.8, 4) is 0 Å². The van der Waals surface area contributed by atoms with Gasteiger partial charge in [0.05, 0.1) is 19.6 Å². The lowest BCUT2D eigenvalue weighted by atomic mass is 9.97. The summed E-state index contributed by atoms with van der Waals surface area (Å²) < 4.78 is 5.43. The van der Waals surface area contributed by atoms with E-state index in [0.29, 0.717) is 12.5 Å². The molecule has 0 saturated carbocycles. The minimum Gasteiger partial charge on any atom is -0.379 e. The highest BCUT2D eigenvalue weighted by molar-refractivity contribution is 5.79. The first-order valence-corrected chi connectivity index (χ1v) is 9.99. The number of nitrogens with zero attached hydrogens (tertiary/aromatic N) is 3. The van der Waals surface area contributed by atoms with Crippen molar-refractivity contribution in [1.82, 2.24) is 9.80 Å². The third-order valence-electron chi connectivity index (χ3n) is 5.64. The van der Waals surface area contributed by atoms with E-state index in [-0.39, 0.29) is 5.91 Å². The van der Waals surface area contributed by atoms with E-state index in [9.17, 15) is 4.79 Å². The van der Waals surface area contributed by atoms with E-state index < -0.39 is 0 Å². The molecule has 5 nitrogen and oxygen atoms in total. The summed E-state index contributed by atoms with van der Waals surface area (Å²) in [5.41, 5.74) is 2.28. The highest BCUT2D eigenvalue weighted by Crippen LogP contribution is 2.22. The number of hydrogen-bond donors (Lipinski definition) is 0. The fraction of sp³-hybridized carbons (Fsp3) is 0.667. The van der Waals surface area contributed by atoms with Crippen LogP contribution in [0, 0.1) is 0 Å². The Labute approximate surface area is 157 Å². The van der Waals surface area contributed by atoms with Gasteiger partial charge in [0.25, 0.3) is 0 Å². The topological polar surface area (TPSA) is 36.0 Å². The monoisotopic (exact) mass is 359 g/mol. The predicted molar refractivity (Wildman–Crippen MR) is 106 cm³/mol. The molecule has 0 aromatic heterocycles. The van der Waals surface area contributed by atoms with Gasteiger partial charge in [0.2, 0.25) is 5.91 Å². The third kappa shape index (κ3) is 5.21. The molecule has 5 heteroatoms. The fourth-order valence-corrected chi connectivity index (χ4v) is 3.97. The van der Waals surface area contributed by atoms with Crippen LogP contribution >= 0.6 is 0 Å². The van der Waals surface area contributed by atoms with E-state index in [0.717, 1.165) is 64.2 Å². The van der Waals surface area contributed by atoms with Gasteiger partial charge < -0.3 is 14.5 Å². The molecular formula is C21H33N3O2. The lowest BCUT2D eigenvalue weighted by Crippen LogP contribution is -2.46. The largest absolute Gasteiger partial charge is 0.379 e. The molecule has 2 saturated heterocycles. The Morgan fingerprint density at radius 3 is 2.54 bits per heavy atom. The lowest BCUT2D eigenvalue weighted by molar-refractivity contribution is -0.134. The maximum absolute atomic E-state index is 12.9. The molecule has 0 spiro atoms. The Morgan fingerprint density at radius 1 is 1.12 bits per heavy atom. The van der Waals surface area contributed by atoms with Crippen molar-refractivity contribution in [2.75, 3.05) is 58.4 Å². The van der Waals surface area contributed by atoms with E-state index in [1.54, 1.807) is 0 Å². The SMILES string of the molecule is CN(C)c1ccc(CC(=O)N2CCCC[C@H]2CCN2CCOCC2)cc1. The third-order valence-corrected chi connectivity index (χ3v) is 5.64. The number of likely N-dealkylation sites (tertiary alicyclic amines) is 1. The minimum atomic E-state index is 0.286. The number of piperidine rings is 1. The molecule has 1 amide bonds. The predicted octanol–water partition coefficient (Wildman–Crippen LogP) is 2.40. The summed E-state index contributed by atoms with van der Waals surface area (Å²) in [6, 6.07) is 8.75. The zero-order valence-corrected chi connectivity index (χ0v) is 16.3. The molecule has 0 bridgehead atoms. The van der Waals surface area contributed by atoms with Crippen LogP contribution in [-0.4, -0.2) is 75.2 Å². The molecular weight excluding hydrogens is 326 g/mol. The molecule has 26 heavy (non-hydrogen) atoms. The summed E-state index contributed by atoms with van der Waals surface area (Å²) in [5.74, 6) is 0.286. The molecule has 2 heterocycles. The molecule has 2 aliphatic heterocycles. The van der Waals surface area contributed by atoms with E-state index in [4.69, 9.17) is 4.74 Å². The van der Waals surface area contributed by atoms with Gasteiger partial charge in [-0.1, -0.05) is 12.1 Å². The van der Waals surface area contributed by atoms with E-state index in [2.05, 4.69) is 39.0 Å². The van der Waals surface area contributed by atoms with Crippen LogP contribution in [0.2, 0.25) is 0 Å². The van der Waals surface area contributed by atoms with E-state index in [1.165, 1.54) is 12.1 Å². The number of ether oxygens (including phenoxy) is 1. The molecule has 0 aliphatic carbocycles. The van der Waals surface area contributed by atoms with Gasteiger partial charge in [0, 0.05) is 52.0 Å². The Kier molecular flexibility index (Phi) is 6.92. The van der Waals surface area contributed by atoms with Gasteiger partial charge in [-0.05, 0) is 43.4 Å². The number of amides is 1. The van der Waals surface area contributed by atoms with Crippen molar-refractivity contribution < 1.29 is 9.53 Å². The van der Waals surface area contributed by atoms with Gasteiger partial charge in [-0.3, -0.25) is 9.69 Å². The number of benzene rings is 1. The summed E-state index contributed by atoms with van der Waals surface area (Å²) in [6.45, 7) is 5.74. The van der Waals surface area contributed by atoms with Gasteiger partial charge in [0.15, 0.2) is 0 Å². The average Bonchev–Trinajstić information content (AvgIpc) is 2.68. The van der Waals surface area contributed by atoms with Crippen LogP contribution in [0.25, 0.3) is 0 Å². The molecule has 144 valence electrons. The quantitative estimate of drug-likeness (QED) is 0.781. The van der Waals surface area contributed by atoms with Crippen molar-refractivity contribution in [1.29, 1.82) is 0 Å². The summed E-state index contributed by atoms with van der Waals surface area (Å²) in [4.78, 5) is 19.6. The maximum Gasteiger partial charge on any atom is 0.227 e. The number of carbonyl (C=O) groups is 1. The number of hydrogen-bond acceptors (Lipinski definition) is 4. The second kappa shape index (κ2) is 9.38. The second-order valence-corrected chi connectivity index (χ2v) is 7.72. The van der Waals surface area contributed by atoms with Gasteiger partial charge >= 0.3 is 0 Å². The molecule has 0 radical (unpaired) electrons. The molecule has 0 unspecified atom stereocenters. The lowest BCUT2D eigenvalue weighted by Gasteiger charge is -2.37. The van der Waals surface area contributed by atoms with Crippen LogP contribution < -0.4 is 4.90 Å². The Balaban J connectivity index is 1.54. The smallest absolute Gasteiger partial charge is 0.227 e. The van der Waals surface area contributed by atoms with Crippen molar-refractivity contribution in [2.45, 2.75) is 38.1 Å². The number of morpholine rings is 1. The Morgan fingerprint density at radius 2 is 1.85 bits per heavy atom. The molecule has 1 atom stereocenters.